The maximum absolute atomic E-state index is 12.2. The first-order chi connectivity index (χ1) is 8.43. The van der Waals surface area contributed by atoms with Gasteiger partial charge in [0.2, 0.25) is 0 Å². The highest BCUT2D eigenvalue weighted by atomic mass is 16.5. The summed E-state index contributed by atoms with van der Waals surface area (Å²) in [5.41, 5.74) is 0.174. The molecule has 1 aromatic rings. The lowest BCUT2D eigenvalue weighted by Crippen LogP contribution is -2.37. The van der Waals surface area contributed by atoms with Crippen LogP contribution in [-0.4, -0.2) is 40.3 Å². The van der Waals surface area contributed by atoms with Crippen LogP contribution in [0.1, 0.15) is 49.9 Å². The van der Waals surface area contributed by atoms with E-state index in [1.807, 2.05) is 20.8 Å². The standard InChI is InChI=1S/C13H20N2O3/c1-13(2,3)11-7-10(14-18-11)12(17)15-6-4-5-9(15)8-16/h7,9,16H,4-6,8H2,1-3H3/t9-/m1/s1. The minimum atomic E-state index is -0.160. The fourth-order valence-corrected chi connectivity index (χ4v) is 2.17. The van der Waals surface area contributed by atoms with E-state index in [0.717, 1.165) is 12.8 Å². The fraction of sp³-hybridized carbons (Fsp3) is 0.692. The number of hydrogen-bond donors (Lipinski definition) is 1. The van der Waals surface area contributed by atoms with Crippen molar-refractivity contribution in [2.45, 2.75) is 45.1 Å². The van der Waals surface area contributed by atoms with Crippen LogP contribution < -0.4 is 0 Å². The maximum Gasteiger partial charge on any atom is 0.276 e. The van der Waals surface area contributed by atoms with E-state index in [-0.39, 0.29) is 24.0 Å². The largest absolute Gasteiger partial charge is 0.394 e. The first-order valence-electron chi connectivity index (χ1n) is 6.32. The van der Waals surface area contributed by atoms with E-state index in [1.165, 1.54) is 0 Å². The number of amides is 1. The number of carbonyl (C=O) groups is 1. The Morgan fingerprint density at radius 3 is 2.89 bits per heavy atom. The molecule has 0 saturated carbocycles. The quantitative estimate of drug-likeness (QED) is 0.867. The molecule has 1 saturated heterocycles. The Morgan fingerprint density at radius 2 is 2.33 bits per heavy atom. The lowest BCUT2D eigenvalue weighted by Gasteiger charge is -2.21. The van der Waals surface area contributed by atoms with Crippen molar-refractivity contribution in [1.82, 2.24) is 10.1 Å². The molecular weight excluding hydrogens is 232 g/mol. The van der Waals surface area contributed by atoms with Gasteiger partial charge in [-0.3, -0.25) is 4.79 Å². The van der Waals surface area contributed by atoms with Crippen LogP contribution in [0.2, 0.25) is 0 Å². The molecule has 100 valence electrons. The Balaban J connectivity index is 2.16. The molecule has 5 nitrogen and oxygen atoms in total. The zero-order valence-electron chi connectivity index (χ0n) is 11.1. The monoisotopic (exact) mass is 252 g/mol. The van der Waals surface area contributed by atoms with Gasteiger partial charge in [-0.25, -0.2) is 0 Å². The summed E-state index contributed by atoms with van der Waals surface area (Å²) in [6.07, 6.45) is 1.78. The summed E-state index contributed by atoms with van der Waals surface area (Å²) in [6, 6.07) is 1.63. The highest BCUT2D eigenvalue weighted by Gasteiger charge is 2.31. The number of hydrogen-bond acceptors (Lipinski definition) is 4. The molecule has 1 aromatic heterocycles. The van der Waals surface area contributed by atoms with Crippen molar-refractivity contribution in [3.63, 3.8) is 0 Å². The summed E-state index contributed by atoms with van der Waals surface area (Å²) in [7, 11) is 0. The van der Waals surface area contributed by atoms with Gasteiger partial charge in [0.05, 0.1) is 12.6 Å². The Kier molecular flexibility index (Phi) is 3.43. The second-order valence-corrected chi connectivity index (χ2v) is 5.80. The molecule has 1 N–H and O–H groups in total. The molecule has 1 amide bonds. The molecule has 18 heavy (non-hydrogen) atoms. The first-order valence-corrected chi connectivity index (χ1v) is 6.32. The molecular formula is C13H20N2O3. The molecule has 0 aliphatic carbocycles. The van der Waals surface area contributed by atoms with Gasteiger partial charge >= 0.3 is 0 Å². The molecule has 5 heteroatoms. The lowest BCUT2D eigenvalue weighted by molar-refractivity contribution is 0.0667. The van der Waals surface area contributed by atoms with Crippen LogP contribution in [0.25, 0.3) is 0 Å². The minimum absolute atomic E-state index is 0.00964. The molecule has 0 bridgehead atoms. The highest BCUT2D eigenvalue weighted by molar-refractivity contribution is 5.92. The Hall–Kier alpha value is -1.36. The number of carbonyl (C=O) groups excluding carboxylic acids is 1. The number of likely N-dealkylation sites (tertiary alicyclic amines) is 1. The predicted molar refractivity (Wildman–Crippen MR) is 66.3 cm³/mol. The minimum Gasteiger partial charge on any atom is -0.394 e. The summed E-state index contributed by atoms with van der Waals surface area (Å²) in [4.78, 5) is 13.9. The predicted octanol–water partition coefficient (Wildman–Crippen LogP) is 1.57. The summed E-state index contributed by atoms with van der Waals surface area (Å²) in [5, 5.41) is 13.1. The lowest BCUT2D eigenvalue weighted by atomic mass is 9.93. The summed E-state index contributed by atoms with van der Waals surface area (Å²) in [5.74, 6) is 0.552. The van der Waals surface area contributed by atoms with Gasteiger partial charge in [-0.1, -0.05) is 25.9 Å². The summed E-state index contributed by atoms with van der Waals surface area (Å²) >= 11 is 0. The zero-order valence-corrected chi connectivity index (χ0v) is 11.1. The average molecular weight is 252 g/mol. The number of rotatable bonds is 2. The Bertz CT molecular complexity index is 434. The van der Waals surface area contributed by atoms with Crippen molar-refractivity contribution < 1.29 is 14.4 Å². The van der Waals surface area contributed by atoms with E-state index in [0.29, 0.717) is 18.0 Å². The molecule has 2 rings (SSSR count). The van der Waals surface area contributed by atoms with Gasteiger partial charge in [0.15, 0.2) is 5.69 Å². The third kappa shape index (κ3) is 2.41. The number of nitrogens with zero attached hydrogens (tertiary/aromatic N) is 2. The molecule has 0 aromatic carbocycles. The molecule has 0 radical (unpaired) electrons. The third-order valence-corrected chi connectivity index (χ3v) is 3.32. The van der Waals surface area contributed by atoms with Crippen molar-refractivity contribution in [3.8, 4) is 0 Å². The van der Waals surface area contributed by atoms with Gasteiger partial charge in [0.1, 0.15) is 5.76 Å². The van der Waals surface area contributed by atoms with Crippen LogP contribution in [0, 0.1) is 0 Å². The van der Waals surface area contributed by atoms with Gasteiger partial charge in [0.25, 0.3) is 5.91 Å². The van der Waals surface area contributed by atoms with E-state index in [4.69, 9.17) is 4.52 Å². The van der Waals surface area contributed by atoms with Crippen molar-refractivity contribution in [2.75, 3.05) is 13.2 Å². The Morgan fingerprint density at radius 1 is 1.61 bits per heavy atom. The normalized spacial score (nSPS) is 20.4. The number of aliphatic hydroxyl groups is 1. The van der Waals surface area contributed by atoms with Crippen LogP contribution in [-0.2, 0) is 5.41 Å². The van der Waals surface area contributed by atoms with Crippen molar-refractivity contribution in [2.24, 2.45) is 0 Å². The van der Waals surface area contributed by atoms with Crippen LogP contribution in [0.5, 0.6) is 0 Å². The second-order valence-electron chi connectivity index (χ2n) is 5.80. The Labute approximate surface area is 107 Å². The summed E-state index contributed by atoms with van der Waals surface area (Å²) < 4.78 is 5.22. The van der Waals surface area contributed by atoms with Crippen LogP contribution in [0.15, 0.2) is 10.6 Å². The number of aromatic nitrogens is 1. The number of aliphatic hydroxyl groups excluding tert-OH is 1. The van der Waals surface area contributed by atoms with Crippen molar-refractivity contribution in [1.29, 1.82) is 0 Å². The van der Waals surface area contributed by atoms with Crippen molar-refractivity contribution >= 4 is 5.91 Å². The van der Waals surface area contributed by atoms with Gasteiger partial charge < -0.3 is 14.5 Å². The van der Waals surface area contributed by atoms with E-state index < -0.39 is 0 Å². The molecule has 1 fully saturated rings. The first kappa shape index (κ1) is 13.1. The van der Waals surface area contributed by atoms with E-state index in [9.17, 15) is 9.90 Å². The molecule has 1 aliphatic rings. The maximum atomic E-state index is 12.2. The van der Waals surface area contributed by atoms with Gasteiger partial charge in [-0.05, 0) is 12.8 Å². The second kappa shape index (κ2) is 4.72. The fourth-order valence-electron chi connectivity index (χ4n) is 2.17. The van der Waals surface area contributed by atoms with E-state index >= 15 is 0 Å². The van der Waals surface area contributed by atoms with E-state index in [1.54, 1.807) is 11.0 Å². The molecule has 0 spiro atoms. The van der Waals surface area contributed by atoms with Gasteiger partial charge in [-0.15, -0.1) is 0 Å². The van der Waals surface area contributed by atoms with Gasteiger partial charge in [0, 0.05) is 18.0 Å². The smallest absolute Gasteiger partial charge is 0.276 e. The SMILES string of the molecule is CC(C)(C)c1cc(C(=O)N2CCC[C@@H]2CO)no1. The average Bonchev–Trinajstić information content (AvgIpc) is 2.96. The van der Waals surface area contributed by atoms with Crippen LogP contribution in [0.3, 0.4) is 0 Å². The van der Waals surface area contributed by atoms with Crippen molar-refractivity contribution in [3.05, 3.63) is 17.5 Å². The molecule has 0 unspecified atom stereocenters. The third-order valence-electron chi connectivity index (χ3n) is 3.32. The van der Waals surface area contributed by atoms with Gasteiger partial charge in [-0.2, -0.15) is 0 Å². The van der Waals surface area contributed by atoms with Crippen LogP contribution >= 0.6 is 0 Å². The topological polar surface area (TPSA) is 66.6 Å². The van der Waals surface area contributed by atoms with E-state index in [2.05, 4.69) is 5.16 Å². The zero-order chi connectivity index (χ0) is 13.3. The molecule has 1 atom stereocenters. The molecule has 1 aliphatic heterocycles. The molecule has 2 heterocycles. The van der Waals surface area contributed by atoms with Crippen LogP contribution in [0.4, 0.5) is 0 Å². The highest BCUT2D eigenvalue weighted by Crippen LogP contribution is 2.25. The summed E-state index contributed by atoms with van der Waals surface area (Å²) in [6.45, 7) is 6.72.